The summed E-state index contributed by atoms with van der Waals surface area (Å²) in [7, 11) is 0. The van der Waals surface area contributed by atoms with Crippen LogP contribution in [0.2, 0.25) is 0 Å². The van der Waals surface area contributed by atoms with Gasteiger partial charge < -0.3 is 10.8 Å². The highest BCUT2D eigenvalue weighted by molar-refractivity contribution is 5.59. The van der Waals surface area contributed by atoms with Crippen LogP contribution < -0.4 is 5.73 Å². The molecule has 0 fully saturated rings. The maximum atomic E-state index is 9.54. The third-order valence-corrected chi connectivity index (χ3v) is 2.67. The molecular formula is C13H15N3O. The zero-order valence-electron chi connectivity index (χ0n) is 9.67. The topological polar surface area (TPSA) is 72.0 Å². The summed E-state index contributed by atoms with van der Waals surface area (Å²) in [6.07, 6.45) is 2.54. The molecule has 0 saturated carbocycles. The van der Waals surface area contributed by atoms with Gasteiger partial charge in [0.1, 0.15) is 0 Å². The van der Waals surface area contributed by atoms with Crippen molar-refractivity contribution in [3.63, 3.8) is 0 Å². The number of benzene rings is 1. The second-order valence-corrected chi connectivity index (χ2v) is 3.91. The van der Waals surface area contributed by atoms with Crippen molar-refractivity contribution >= 4 is 0 Å². The zero-order valence-corrected chi connectivity index (χ0v) is 9.67. The number of rotatable bonds is 3. The third kappa shape index (κ3) is 2.49. The van der Waals surface area contributed by atoms with E-state index in [-0.39, 0.29) is 6.54 Å². The van der Waals surface area contributed by atoms with Crippen molar-refractivity contribution in [2.75, 3.05) is 6.54 Å². The van der Waals surface area contributed by atoms with Crippen LogP contribution in [0, 0.1) is 6.92 Å². The second-order valence-electron chi connectivity index (χ2n) is 3.91. The molecule has 1 aromatic heterocycles. The van der Waals surface area contributed by atoms with E-state index >= 15 is 0 Å². The molecular weight excluding hydrogens is 214 g/mol. The number of aryl methyl sites for hydroxylation is 1. The smallest absolute Gasteiger partial charge is 0.159 e. The van der Waals surface area contributed by atoms with Gasteiger partial charge in [0.15, 0.2) is 5.82 Å². The van der Waals surface area contributed by atoms with Crippen molar-refractivity contribution in [1.29, 1.82) is 0 Å². The van der Waals surface area contributed by atoms with Gasteiger partial charge in [-0.05, 0) is 12.5 Å². The highest BCUT2D eigenvalue weighted by Gasteiger charge is 2.08. The number of aliphatic hydroxyl groups excluding tert-OH is 1. The van der Waals surface area contributed by atoms with E-state index in [4.69, 9.17) is 5.73 Å². The van der Waals surface area contributed by atoms with Crippen molar-refractivity contribution < 1.29 is 5.11 Å². The fraction of sp³-hybridized carbons (Fsp3) is 0.231. The zero-order chi connectivity index (χ0) is 12.3. The molecule has 4 nitrogen and oxygen atoms in total. The van der Waals surface area contributed by atoms with E-state index in [1.54, 1.807) is 12.4 Å². The van der Waals surface area contributed by atoms with Crippen molar-refractivity contribution in [3.05, 3.63) is 47.8 Å². The molecule has 17 heavy (non-hydrogen) atoms. The Kier molecular flexibility index (Phi) is 3.46. The number of nitrogens with two attached hydrogens (primary N) is 1. The molecule has 4 heteroatoms. The van der Waals surface area contributed by atoms with Gasteiger partial charge in [0.2, 0.25) is 0 Å². The first-order valence-corrected chi connectivity index (χ1v) is 5.48. The quantitative estimate of drug-likeness (QED) is 0.835. The van der Waals surface area contributed by atoms with E-state index in [0.29, 0.717) is 11.4 Å². The maximum Gasteiger partial charge on any atom is 0.159 e. The van der Waals surface area contributed by atoms with E-state index < -0.39 is 6.10 Å². The monoisotopic (exact) mass is 229 g/mol. The first-order valence-electron chi connectivity index (χ1n) is 5.48. The summed E-state index contributed by atoms with van der Waals surface area (Å²) in [6.45, 7) is 2.19. The molecule has 2 aromatic rings. The molecule has 2 rings (SSSR count). The number of nitrogens with zero attached hydrogens (tertiary/aromatic N) is 2. The highest BCUT2D eigenvalue weighted by atomic mass is 16.3. The molecule has 0 aliphatic carbocycles. The van der Waals surface area contributed by atoms with Gasteiger partial charge in [-0.3, -0.25) is 0 Å². The Balaban J connectivity index is 2.33. The molecule has 0 spiro atoms. The van der Waals surface area contributed by atoms with Gasteiger partial charge in [-0.2, -0.15) is 0 Å². The first kappa shape index (κ1) is 11.7. The Labute approximate surface area is 100 Å². The lowest BCUT2D eigenvalue weighted by Crippen LogP contribution is -2.12. The van der Waals surface area contributed by atoms with Gasteiger partial charge in [0.25, 0.3) is 0 Å². The van der Waals surface area contributed by atoms with Crippen LogP contribution in [0.3, 0.4) is 0 Å². The predicted octanol–water partition coefficient (Wildman–Crippen LogP) is 1.44. The molecule has 0 amide bonds. The van der Waals surface area contributed by atoms with Crippen LogP contribution in [0.15, 0.2) is 36.7 Å². The summed E-state index contributed by atoms with van der Waals surface area (Å²) in [4.78, 5) is 8.50. The molecule has 0 bridgehead atoms. The van der Waals surface area contributed by atoms with Gasteiger partial charge in [-0.1, -0.05) is 24.3 Å². The molecule has 0 aliphatic rings. The standard InChI is InChI=1S/C13H15N3O/c1-9-4-2-3-5-11(9)13-15-7-10(8-16-13)12(17)6-14/h2-5,7-8,12,17H,6,14H2,1H3. The van der Waals surface area contributed by atoms with Crippen LogP contribution >= 0.6 is 0 Å². The normalized spacial score (nSPS) is 12.4. The van der Waals surface area contributed by atoms with Gasteiger partial charge in [-0.25, -0.2) is 9.97 Å². The number of aliphatic hydroxyl groups is 1. The summed E-state index contributed by atoms with van der Waals surface area (Å²) in [5, 5.41) is 9.54. The molecule has 1 unspecified atom stereocenters. The Morgan fingerprint density at radius 2 is 1.88 bits per heavy atom. The van der Waals surface area contributed by atoms with Gasteiger partial charge >= 0.3 is 0 Å². The summed E-state index contributed by atoms with van der Waals surface area (Å²) in [5.41, 5.74) is 8.14. The minimum Gasteiger partial charge on any atom is -0.387 e. The van der Waals surface area contributed by atoms with Crippen LogP contribution in [0.5, 0.6) is 0 Å². The van der Waals surface area contributed by atoms with Crippen LogP contribution in [0.25, 0.3) is 11.4 Å². The Bertz CT molecular complexity index is 496. The van der Waals surface area contributed by atoms with E-state index in [9.17, 15) is 5.11 Å². The Morgan fingerprint density at radius 3 is 2.47 bits per heavy atom. The van der Waals surface area contributed by atoms with Crippen LogP contribution in [-0.2, 0) is 0 Å². The lowest BCUT2D eigenvalue weighted by Gasteiger charge is -2.08. The van der Waals surface area contributed by atoms with E-state index in [1.807, 2.05) is 31.2 Å². The van der Waals surface area contributed by atoms with Crippen LogP contribution in [0.1, 0.15) is 17.2 Å². The van der Waals surface area contributed by atoms with Gasteiger partial charge in [-0.15, -0.1) is 0 Å². The van der Waals surface area contributed by atoms with Gasteiger partial charge in [0, 0.05) is 30.1 Å². The number of hydrogen-bond acceptors (Lipinski definition) is 4. The molecule has 1 atom stereocenters. The maximum absolute atomic E-state index is 9.54. The lowest BCUT2D eigenvalue weighted by atomic mass is 10.1. The number of hydrogen-bond donors (Lipinski definition) is 2. The largest absolute Gasteiger partial charge is 0.387 e. The Morgan fingerprint density at radius 1 is 1.24 bits per heavy atom. The highest BCUT2D eigenvalue weighted by Crippen LogP contribution is 2.19. The summed E-state index contributed by atoms with van der Waals surface area (Å²) in [6, 6.07) is 7.92. The molecule has 0 saturated heterocycles. The van der Waals surface area contributed by atoms with E-state index in [2.05, 4.69) is 9.97 Å². The SMILES string of the molecule is Cc1ccccc1-c1ncc(C(O)CN)cn1. The predicted molar refractivity (Wildman–Crippen MR) is 66.2 cm³/mol. The lowest BCUT2D eigenvalue weighted by molar-refractivity contribution is 0.186. The summed E-state index contributed by atoms with van der Waals surface area (Å²) >= 11 is 0. The van der Waals surface area contributed by atoms with E-state index in [1.165, 1.54) is 0 Å². The molecule has 88 valence electrons. The average molecular weight is 229 g/mol. The molecule has 0 radical (unpaired) electrons. The molecule has 0 aliphatic heterocycles. The first-order chi connectivity index (χ1) is 8.22. The third-order valence-electron chi connectivity index (χ3n) is 2.67. The van der Waals surface area contributed by atoms with Crippen molar-refractivity contribution in [2.24, 2.45) is 5.73 Å². The van der Waals surface area contributed by atoms with Crippen molar-refractivity contribution in [1.82, 2.24) is 9.97 Å². The molecule has 1 heterocycles. The Hall–Kier alpha value is -1.78. The fourth-order valence-electron chi connectivity index (χ4n) is 1.61. The fourth-order valence-corrected chi connectivity index (χ4v) is 1.61. The second kappa shape index (κ2) is 5.03. The molecule has 1 aromatic carbocycles. The van der Waals surface area contributed by atoms with Crippen LogP contribution in [-0.4, -0.2) is 21.6 Å². The minimum atomic E-state index is -0.694. The number of aromatic nitrogens is 2. The van der Waals surface area contributed by atoms with Gasteiger partial charge in [0.05, 0.1) is 6.10 Å². The van der Waals surface area contributed by atoms with E-state index in [0.717, 1.165) is 11.1 Å². The summed E-state index contributed by atoms with van der Waals surface area (Å²) in [5.74, 6) is 0.663. The average Bonchev–Trinajstić information content (AvgIpc) is 2.39. The van der Waals surface area contributed by atoms with Crippen molar-refractivity contribution in [2.45, 2.75) is 13.0 Å². The summed E-state index contributed by atoms with van der Waals surface area (Å²) < 4.78 is 0. The minimum absolute atomic E-state index is 0.174. The van der Waals surface area contributed by atoms with Crippen LogP contribution in [0.4, 0.5) is 0 Å². The molecule has 3 N–H and O–H groups in total. The van der Waals surface area contributed by atoms with Crippen molar-refractivity contribution in [3.8, 4) is 11.4 Å².